The number of carbonyl (C=O) groups is 1. The number of nitrogens with zero attached hydrogens (tertiary/aromatic N) is 2. The molecule has 0 saturated heterocycles. The van der Waals surface area contributed by atoms with Gasteiger partial charge in [-0.1, -0.05) is 71.6 Å². The fourth-order valence-corrected chi connectivity index (χ4v) is 2.13. The zero-order chi connectivity index (χ0) is 20.4. The number of allylic oxidation sites excluding steroid dienone is 3. The van der Waals surface area contributed by atoms with Gasteiger partial charge in [0.05, 0.1) is 5.57 Å². The quantitative estimate of drug-likeness (QED) is 0.549. The SMILES string of the molecule is C=C/C(=C\C=C/Cc1nnc(-c2ccc(C(C)(C)C)cc2)o1)C(=O)O.CC. The Morgan fingerprint density at radius 2 is 1.81 bits per heavy atom. The highest BCUT2D eigenvalue weighted by Crippen LogP contribution is 2.25. The smallest absolute Gasteiger partial charge is 0.335 e. The molecule has 1 heterocycles. The normalized spacial score (nSPS) is 11.8. The second-order valence-corrected chi connectivity index (χ2v) is 6.59. The maximum atomic E-state index is 10.8. The maximum Gasteiger partial charge on any atom is 0.335 e. The Balaban J connectivity index is 0.00000176. The van der Waals surface area contributed by atoms with E-state index in [2.05, 4.69) is 49.7 Å². The molecule has 0 aliphatic rings. The van der Waals surface area contributed by atoms with Gasteiger partial charge in [-0.25, -0.2) is 4.79 Å². The molecule has 0 saturated carbocycles. The molecule has 0 atom stereocenters. The summed E-state index contributed by atoms with van der Waals surface area (Å²) < 4.78 is 5.65. The van der Waals surface area contributed by atoms with Crippen LogP contribution in [0.2, 0.25) is 0 Å². The highest BCUT2D eigenvalue weighted by Gasteiger charge is 2.14. The highest BCUT2D eigenvalue weighted by molar-refractivity contribution is 5.89. The molecular formula is C22H28N2O3. The zero-order valence-corrected chi connectivity index (χ0v) is 16.7. The van der Waals surface area contributed by atoms with Gasteiger partial charge >= 0.3 is 5.97 Å². The molecule has 0 aliphatic carbocycles. The number of rotatable bonds is 6. The Bertz CT molecular complexity index is 807. The molecule has 0 spiro atoms. The number of benzene rings is 1. The summed E-state index contributed by atoms with van der Waals surface area (Å²) in [6.07, 6.45) is 6.57. The van der Waals surface area contributed by atoms with Gasteiger partial charge < -0.3 is 9.52 Å². The molecule has 0 bridgehead atoms. The molecule has 0 fully saturated rings. The lowest BCUT2D eigenvalue weighted by Crippen LogP contribution is -2.10. The molecule has 144 valence electrons. The fraction of sp³-hybridized carbons (Fsp3) is 0.318. The van der Waals surface area contributed by atoms with Crippen molar-refractivity contribution in [3.8, 4) is 11.5 Å². The molecular weight excluding hydrogens is 340 g/mol. The minimum Gasteiger partial charge on any atom is -0.478 e. The van der Waals surface area contributed by atoms with Crippen LogP contribution in [0, 0.1) is 0 Å². The summed E-state index contributed by atoms with van der Waals surface area (Å²) in [6, 6.07) is 8.07. The molecule has 0 aliphatic heterocycles. The lowest BCUT2D eigenvalue weighted by atomic mass is 9.87. The van der Waals surface area contributed by atoms with E-state index >= 15 is 0 Å². The van der Waals surface area contributed by atoms with Crippen molar-refractivity contribution in [2.45, 2.75) is 46.5 Å². The second-order valence-electron chi connectivity index (χ2n) is 6.59. The van der Waals surface area contributed by atoms with E-state index in [-0.39, 0.29) is 11.0 Å². The van der Waals surface area contributed by atoms with Gasteiger partial charge in [0.1, 0.15) is 0 Å². The van der Waals surface area contributed by atoms with E-state index in [1.54, 1.807) is 12.2 Å². The first-order valence-electron chi connectivity index (χ1n) is 8.97. The van der Waals surface area contributed by atoms with Gasteiger partial charge in [0.25, 0.3) is 0 Å². The average Bonchev–Trinajstić information content (AvgIpc) is 3.11. The third-order valence-electron chi connectivity index (χ3n) is 3.64. The van der Waals surface area contributed by atoms with Crippen molar-refractivity contribution in [3.05, 3.63) is 72.2 Å². The summed E-state index contributed by atoms with van der Waals surface area (Å²) in [5.41, 5.74) is 2.33. The van der Waals surface area contributed by atoms with Gasteiger partial charge in [-0.15, -0.1) is 10.2 Å². The van der Waals surface area contributed by atoms with Gasteiger partial charge in [0, 0.05) is 12.0 Å². The summed E-state index contributed by atoms with van der Waals surface area (Å²) in [5.74, 6) is -0.0785. The van der Waals surface area contributed by atoms with Crippen LogP contribution in [0.15, 0.2) is 65.1 Å². The standard InChI is InChI=1S/C20H22N2O3.C2H6/c1-5-14(19(23)24)8-6-7-9-17-21-22-18(25-17)15-10-12-16(13-11-15)20(2,3)4;1-2/h5-8,10-13H,1,9H2,2-4H3,(H,23,24);1-2H3/b7-6-,14-8+;. The lowest BCUT2D eigenvalue weighted by molar-refractivity contribution is -0.132. The highest BCUT2D eigenvalue weighted by atomic mass is 16.4. The Morgan fingerprint density at radius 1 is 1.19 bits per heavy atom. The van der Waals surface area contributed by atoms with Gasteiger partial charge in [-0.2, -0.15) is 0 Å². The molecule has 0 radical (unpaired) electrons. The Kier molecular flexibility index (Phi) is 8.39. The van der Waals surface area contributed by atoms with Crippen LogP contribution in [0.5, 0.6) is 0 Å². The van der Waals surface area contributed by atoms with E-state index in [9.17, 15) is 4.79 Å². The number of hydrogen-bond donors (Lipinski definition) is 1. The van der Waals surface area contributed by atoms with E-state index in [4.69, 9.17) is 9.52 Å². The first kappa shape index (κ1) is 22.1. The van der Waals surface area contributed by atoms with Gasteiger partial charge in [0.15, 0.2) is 0 Å². The van der Waals surface area contributed by atoms with Gasteiger partial charge in [0.2, 0.25) is 11.8 Å². The predicted molar refractivity (Wildman–Crippen MR) is 109 cm³/mol. The van der Waals surface area contributed by atoms with Crippen LogP contribution in [0.1, 0.15) is 46.1 Å². The topological polar surface area (TPSA) is 76.2 Å². The third-order valence-corrected chi connectivity index (χ3v) is 3.64. The second kappa shape index (κ2) is 10.3. The van der Waals surface area contributed by atoms with Gasteiger partial charge in [-0.05, 0) is 29.2 Å². The van der Waals surface area contributed by atoms with E-state index in [1.165, 1.54) is 17.7 Å². The molecule has 0 unspecified atom stereocenters. The van der Waals surface area contributed by atoms with Crippen LogP contribution < -0.4 is 0 Å². The van der Waals surface area contributed by atoms with Crippen molar-refractivity contribution in [2.24, 2.45) is 0 Å². The van der Waals surface area contributed by atoms with Crippen LogP contribution in [-0.2, 0) is 16.6 Å². The first-order chi connectivity index (χ1) is 12.8. The summed E-state index contributed by atoms with van der Waals surface area (Å²) in [5, 5.41) is 16.9. The first-order valence-corrected chi connectivity index (χ1v) is 8.97. The van der Waals surface area contributed by atoms with Crippen molar-refractivity contribution >= 4 is 5.97 Å². The number of carboxylic acid groups (broad SMARTS) is 1. The van der Waals surface area contributed by atoms with E-state index < -0.39 is 5.97 Å². The van der Waals surface area contributed by atoms with E-state index in [0.717, 1.165) is 5.56 Å². The molecule has 2 aromatic rings. The molecule has 1 aromatic carbocycles. The monoisotopic (exact) mass is 368 g/mol. The lowest BCUT2D eigenvalue weighted by Gasteiger charge is -2.18. The molecule has 5 nitrogen and oxygen atoms in total. The predicted octanol–water partition coefficient (Wildman–Crippen LogP) is 5.36. The summed E-state index contributed by atoms with van der Waals surface area (Å²) in [6.45, 7) is 13.9. The van der Waals surface area contributed by atoms with Crippen LogP contribution in [-0.4, -0.2) is 21.3 Å². The molecule has 1 aromatic heterocycles. The summed E-state index contributed by atoms with van der Waals surface area (Å²) in [7, 11) is 0. The van der Waals surface area contributed by atoms with Gasteiger partial charge in [-0.3, -0.25) is 0 Å². The summed E-state index contributed by atoms with van der Waals surface area (Å²) >= 11 is 0. The maximum absolute atomic E-state index is 10.8. The van der Waals surface area contributed by atoms with Crippen LogP contribution >= 0.6 is 0 Å². The van der Waals surface area contributed by atoms with Crippen LogP contribution in [0.25, 0.3) is 11.5 Å². The third kappa shape index (κ3) is 6.70. The largest absolute Gasteiger partial charge is 0.478 e. The number of aromatic nitrogens is 2. The van der Waals surface area contributed by atoms with Crippen molar-refractivity contribution in [3.63, 3.8) is 0 Å². The Hall–Kier alpha value is -2.95. The number of aliphatic carboxylic acids is 1. The average molecular weight is 368 g/mol. The minimum absolute atomic E-state index is 0.0943. The van der Waals surface area contributed by atoms with Crippen molar-refractivity contribution < 1.29 is 14.3 Å². The molecule has 27 heavy (non-hydrogen) atoms. The number of hydrogen-bond acceptors (Lipinski definition) is 4. The minimum atomic E-state index is -1.02. The van der Waals surface area contributed by atoms with Crippen molar-refractivity contribution in [2.75, 3.05) is 0 Å². The Morgan fingerprint density at radius 3 is 2.33 bits per heavy atom. The van der Waals surface area contributed by atoms with Crippen molar-refractivity contribution in [1.29, 1.82) is 0 Å². The molecule has 0 amide bonds. The van der Waals surface area contributed by atoms with E-state index in [0.29, 0.717) is 18.2 Å². The fourth-order valence-electron chi connectivity index (χ4n) is 2.13. The van der Waals surface area contributed by atoms with Crippen LogP contribution in [0.4, 0.5) is 0 Å². The molecule has 1 N–H and O–H groups in total. The van der Waals surface area contributed by atoms with Crippen LogP contribution in [0.3, 0.4) is 0 Å². The van der Waals surface area contributed by atoms with E-state index in [1.807, 2.05) is 26.0 Å². The zero-order valence-electron chi connectivity index (χ0n) is 16.7. The van der Waals surface area contributed by atoms with Crippen molar-refractivity contribution in [1.82, 2.24) is 10.2 Å². The summed E-state index contributed by atoms with van der Waals surface area (Å²) in [4.78, 5) is 10.8. The molecule has 2 rings (SSSR count). The molecule has 5 heteroatoms. The number of carboxylic acids is 1. The Labute approximate surface area is 161 Å².